The number of hydrogen-bond acceptors (Lipinski definition) is 4. The molecule has 2 atom stereocenters. The van der Waals surface area contributed by atoms with Crippen LogP contribution in [0, 0.1) is 0 Å². The van der Waals surface area contributed by atoms with Gasteiger partial charge in [-0.15, -0.1) is 0 Å². The van der Waals surface area contributed by atoms with Crippen molar-refractivity contribution in [2.24, 2.45) is 5.73 Å². The summed E-state index contributed by atoms with van der Waals surface area (Å²) in [5.41, 5.74) is 6.26. The molecule has 1 aromatic rings. The molecule has 6 heteroatoms. The second kappa shape index (κ2) is 7.62. The minimum absolute atomic E-state index is 0. The predicted molar refractivity (Wildman–Crippen MR) is 57.6 cm³/mol. The van der Waals surface area contributed by atoms with Crippen molar-refractivity contribution in [1.82, 2.24) is 0 Å². The van der Waals surface area contributed by atoms with Crippen molar-refractivity contribution in [3.8, 4) is 0 Å². The standard InChI is InChI=1S/C10H16NO3P.Na/c1-15(12,13)10(7-11)14-8-9-5-3-2-4-6-9;/h2-6,10H,7-8,11H2,1H3,(H,12,13);/q;+1/p-1. The summed E-state index contributed by atoms with van der Waals surface area (Å²) in [6.45, 7) is 1.41. The van der Waals surface area contributed by atoms with Gasteiger partial charge in [-0.3, -0.25) is 0 Å². The smallest absolute Gasteiger partial charge is 0.798 e. The van der Waals surface area contributed by atoms with Crippen molar-refractivity contribution in [1.29, 1.82) is 0 Å². The second-order valence-electron chi connectivity index (χ2n) is 3.40. The van der Waals surface area contributed by atoms with E-state index in [-0.39, 0.29) is 42.7 Å². The summed E-state index contributed by atoms with van der Waals surface area (Å²) >= 11 is 0. The van der Waals surface area contributed by atoms with E-state index in [1.807, 2.05) is 30.3 Å². The summed E-state index contributed by atoms with van der Waals surface area (Å²) in [7, 11) is -3.51. The van der Waals surface area contributed by atoms with Crippen LogP contribution in [0.4, 0.5) is 0 Å². The fraction of sp³-hybridized carbons (Fsp3) is 0.400. The van der Waals surface area contributed by atoms with Crippen LogP contribution in [0.1, 0.15) is 5.56 Å². The molecule has 0 aliphatic rings. The summed E-state index contributed by atoms with van der Waals surface area (Å²) in [5.74, 6) is -0.891. The minimum atomic E-state index is -3.51. The molecule has 0 amide bonds. The van der Waals surface area contributed by atoms with E-state index in [9.17, 15) is 9.46 Å². The fourth-order valence-corrected chi connectivity index (χ4v) is 1.89. The number of hydrogen-bond donors (Lipinski definition) is 1. The Bertz CT molecular complexity index is 341. The molecule has 0 saturated heterocycles. The molecule has 0 saturated carbocycles. The number of benzene rings is 1. The normalized spacial score (nSPS) is 15.9. The molecular weight excluding hydrogens is 236 g/mol. The van der Waals surface area contributed by atoms with Crippen LogP contribution < -0.4 is 40.2 Å². The first kappa shape index (κ1) is 16.3. The SMILES string of the molecule is CP(=O)([O-])C(CN)OCc1ccccc1.[Na+]. The van der Waals surface area contributed by atoms with Crippen molar-refractivity contribution in [2.75, 3.05) is 13.2 Å². The first-order valence-corrected chi connectivity index (χ1v) is 6.82. The van der Waals surface area contributed by atoms with Gasteiger partial charge in [0.25, 0.3) is 0 Å². The zero-order chi connectivity index (χ0) is 11.3. The van der Waals surface area contributed by atoms with Crippen LogP contribution in [0.15, 0.2) is 30.3 Å². The maximum Gasteiger partial charge on any atom is 1.00 e. The molecule has 0 radical (unpaired) electrons. The monoisotopic (exact) mass is 251 g/mol. The average molecular weight is 251 g/mol. The topological polar surface area (TPSA) is 75.4 Å². The number of ether oxygens (including phenoxy) is 1. The molecule has 0 spiro atoms. The predicted octanol–water partition coefficient (Wildman–Crippen LogP) is -2.24. The second-order valence-corrected chi connectivity index (χ2v) is 5.79. The molecule has 2 N–H and O–H groups in total. The van der Waals surface area contributed by atoms with E-state index in [4.69, 9.17) is 10.5 Å². The van der Waals surface area contributed by atoms with E-state index < -0.39 is 13.2 Å². The summed E-state index contributed by atoms with van der Waals surface area (Å²) in [6.07, 6.45) is 0. The maximum absolute atomic E-state index is 11.2. The van der Waals surface area contributed by atoms with Gasteiger partial charge in [0.15, 0.2) is 0 Å². The Hall–Kier alpha value is 0.330. The molecule has 0 bridgehead atoms. The van der Waals surface area contributed by atoms with Crippen LogP contribution in [-0.4, -0.2) is 19.1 Å². The van der Waals surface area contributed by atoms with Crippen molar-refractivity contribution in [3.05, 3.63) is 35.9 Å². The molecule has 0 aliphatic carbocycles. The molecule has 4 nitrogen and oxygen atoms in total. The molecule has 1 rings (SSSR count). The number of nitrogens with two attached hydrogens (primary N) is 1. The summed E-state index contributed by atoms with van der Waals surface area (Å²) < 4.78 is 16.4. The van der Waals surface area contributed by atoms with Gasteiger partial charge in [-0.2, -0.15) is 0 Å². The van der Waals surface area contributed by atoms with Crippen molar-refractivity contribution in [3.63, 3.8) is 0 Å². The third-order valence-corrected chi connectivity index (χ3v) is 3.42. The Balaban J connectivity index is 0.00000225. The maximum atomic E-state index is 11.2. The third-order valence-electron chi connectivity index (χ3n) is 2.01. The molecule has 0 aromatic heterocycles. The van der Waals surface area contributed by atoms with E-state index in [1.165, 1.54) is 0 Å². The molecule has 16 heavy (non-hydrogen) atoms. The molecule has 2 unspecified atom stereocenters. The van der Waals surface area contributed by atoms with Gasteiger partial charge in [0.05, 0.1) is 6.61 Å². The van der Waals surface area contributed by atoms with E-state index >= 15 is 0 Å². The Morgan fingerprint density at radius 2 is 2.00 bits per heavy atom. The fourth-order valence-electron chi connectivity index (χ4n) is 1.16. The van der Waals surface area contributed by atoms with E-state index in [2.05, 4.69) is 0 Å². The van der Waals surface area contributed by atoms with Gasteiger partial charge in [-0.05, 0) is 12.2 Å². The van der Waals surface area contributed by atoms with Gasteiger partial charge < -0.3 is 19.9 Å². The van der Waals surface area contributed by atoms with Gasteiger partial charge in [0, 0.05) is 13.9 Å². The van der Waals surface area contributed by atoms with Gasteiger partial charge in [0.1, 0.15) is 5.85 Å². The Morgan fingerprint density at radius 3 is 2.44 bits per heavy atom. The van der Waals surface area contributed by atoms with Crippen molar-refractivity contribution < 1.29 is 43.8 Å². The molecule has 0 fully saturated rings. The van der Waals surface area contributed by atoms with Gasteiger partial charge >= 0.3 is 29.6 Å². The zero-order valence-corrected chi connectivity index (χ0v) is 12.5. The Labute approximate surface area is 118 Å². The van der Waals surface area contributed by atoms with E-state index in [0.717, 1.165) is 12.2 Å². The summed E-state index contributed by atoms with van der Waals surface area (Å²) in [4.78, 5) is 11.2. The molecular formula is C10H15NNaO3P. The van der Waals surface area contributed by atoms with Crippen LogP contribution in [0.25, 0.3) is 0 Å². The van der Waals surface area contributed by atoms with Crippen molar-refractivity contribution in [2.45, 2.75) is 12.5 Å². The molecule has 0 aliphatic heterocycles. The largest absolute Gasteiger partial charge is 1.00 e. The van der Waals surface area contributed by atoms with Crippen LogP contribution in [-0.2, 0) is 15.9 Å². The van der Waals surface area contributed by atoms with Crippen LogP contribution in [0.5, 0.6) is 0 Å². The first-order valence-electron chi connectivity index (χ1n) is 4.68. The molecule has 84 valence electrons. The van der Waals surface area contributed by atoms with E-state index in [1.54, 1.807) is 0 Å². The third kappa shape index (κ3) is 5.60. The minimum Gasteiger partial charge on any atom is -0.798 e. The number of rotatable bonds is 5. The van der Waals surface area contributed by atoms with Gasteiger partial charge in [-0.1, -0.05) is 30.3 Å². The van der Waals surface area contributed by atoms with Crippen LogP contribution in [0.2, 0.25) is 0 Å². The van der Waals surface area contributed by atoms with Crippen molar-refractivity contribution >= 4 is 7.37 Å². The average Bonchev–Trinajstić information content (AvgIpc) is 2.18. The first-order chi connectivity index (χ1) is 7.04. The van der Waals surface area contributed by atoms with Gasteiger partial charge in [0.2, 0.25) is 0 Å². The van der Waals surface area contributed by atoms with E-state index in [0.29, 0.717) is 0 Å². The van der Waals surface area contributed by atoms with Crippen LogP contribution in [0.3, 0.4) is 0 Å². The molecule has 0 heterocycles. The zero-order valence-electron chi connectivity index (χ0n) is 9.63. The summed E-state index contributed by atoms with van der Waals surface area (Å²) in [6, 6.07) is 9.39. The Kier molecular flexibility index (Phi) is 7.77. The molecule has 1 aromatic carbocycles. The van der Waals surface area contributed by atoms with Crippen LogP contribution >= 0.6 is 7.37 Å². The quantitative estimate of drug-likeness (QED) is 0.474. The summed E-state index contributed by atoms with van der Waals surface area (Å²) in [5, 5.41) is 0. The Morgan fingerprint density at radius 1 is 1.44 bits per heavy atom. The van der Waals surface area contributed by atoms with Gasteiger partial charge in [-0.25, -0.2) is 0 Å².